The van der Waals surface area contributed by atoms with Crippen LogP contribution in [0.5, 0.6) is 0 Å². The summed E-state index contributed by atoms with van der Waals surface area (Å²) in [6, 6.07) is 10.9. The number of nitrogens with zero attached hydrogens (tertiary/aromatic N) is 1. The zero-order valence-electron chi connectivity index (χ0n) is 12.0. The van der Waals surface area contributed by atoms with Gasteiger partial charge in [-0.1, -0.05) is 30.3 Å². The second-order valence-electron chi connectivity index (χ2n) is 5.60. The minimum Gasteiger partial charge on any atom is -0.373 e. The van der Waals surface area contributed by atoms with Gasteiger partial charge in [0.15, 0.2) is 5.96 Å². The third-order valence-corrected chi connectivity index (χ3v) is 4.20. The van der Waals surface area contributed by atoms with Crippen LogP contribution in [0.25, 0.3) is 0 Å². The standard InChI is InChI=1S/C16H23N3O/c1-17-16(18-10-9-12-5-3-2-4-6-12)19-14-11-13-7-8-15(14)20-13/h2-6,13-15H,7-11H2,1H3,(H2,17,18,19). The summed E-state index contributed by atoms with van der Waals surface area (Å²) < 4.78 is 5.86. The van der Waals surface area contributed by atoms with E-state index in [2.05, 4.69) is 39.9 Å². The molecule has 0 spiro atoms. The fraction of sp³-hybridized carbons (Fsp3) is 0.562. The van der Waals surface area contributed by atoms with Crippen molar-refractivity contribution in [1.82, 2.24) is 10.6 Å². The Morgan fingerprint density at radius 1 is 1.30 bits per heavy atom. The largest absolute Gasteiger partial charge is 0.373 e. The maximum atomic E-state index is 5.86. The van der Waals surface area contributed by atoms with Gasteiger partial charge in [0.2, 0.25) is 0 Å². The molecule has 0 aromatic heterocycles. The van der Waals surface area contributed by atoms with Gasteiger partial charge in [-0.25, -0.2) is 0 Å². The average Bonchev–Trinajstić information content (AvgIpc) is 3.10. The molecule has 2 heterocycles. The summed E-state index contributed by atoms with van der Waals surface area (Å²) in [5, 5.41) is 6.88. The molecule has 2 fully saturated rings. The summed E-state index contributed by atoms with van der Waals surface area (Å²) in [6.45, 7) is 0.894. The van der Waals surface area contributed by atoms with E-state index in [4.69, 9.17) is 4.74 Å². The van der Waals surface area contributed by atoms with Crippen molar-refractivity contribution in [2.45, 2.75) is 43.9 Å². The Morgan fingerprint density at radius 2 is 2.15 bits per heavy atom. The van der Waals surface area contributed by atoms with Crippen molar-refractivity contribution in [3.05, 3.63) is 35.9 Å². The van der Waals surface area contributed by atoms with E-state index < -0.39 is 0 Å². The number of aliphatic imine (C=N–C) groups is 1. The van der Waals surface area contributed by atoms with Crippen molar-refractivity contribution < 1.29 is 4.74 Å². The van der Waals surface area contributed by atoms with Crippen molar-refractivity contribution in [2.75, 3.05) is 13.6 Å². The number of guanidine groups is 1. The number of fused-ring (bicyclic) bond motifs is 2. The first-order chi connectivity index (χ1) is 9.85. The summed E-state index contributed by atoms with van der Waals surface area (Å²) >= 11 is 0. The molecular weight excluding hydrogens is 250 g/mol. The second kappa shape index (κ2) is 6.27. The molecule has 0 radical (unpaired) electrons. The first kappa shape index (κ1) is 13.4. The summed E-state index contributed by atoms with van der Waals surface area (Å²) in [4.78, 5) is 4.31. The predicted octanol–water partition coefficient (Wildman–Crippen LogP) is 1.71. The Balaban J connectivity index is 1.44. The normalized spacial score (nSPS) is 28.6. The third-order valence-electron chi connectivity index (χ3n) is 4.20. The molecule has 3 rings (SSSR count). The van der Waals surface area contributed by atoms with Crippen LogP contribution in [0.1, 0.15) is 24.8 Å². The average molecular weight is 273 g/mol. The highest BCUT2D eigenvalue weighted by molar-refractivity contribution is 5.80. The Labute approximate surface area is 120 Å². The zero-order chi connectivity index (χ0) is 13.8. The minimum atomic E-state index is 0.382. The van der Waals surface area contributed by atoms with Crippen molar-refractivity contribution in [3.8, 4) is 0 Å². The smallest absolute Gasteiger partial charge is 0.191 e. The van der Waals surface area contributed by atoms with E-state index in [0.717, 1.165) is 25.3 Å². The molecule has 2 aliphatic heterocycles. The molecule has 2 saturated heterocycles. The van der Waals surface area contributed by atoms with E-state index in [9.17, 15) is 0 Å². The summed E-state index contributed by atoms with van der Waals surface area (Å²) in [6.07, 6.45) is 5.39. The Kier molecular flexibility index (Phi) is 4.21. The zero-order valence-corrected chi connectivity index (χ0v) is 12.0. The van der Waals surface area contributed by atoms with Crippen LogP contribution in [0.15, 0.2) is 35.3 Å². The lowest BCUT2D eigenvalue weighted by Gasteiger charge is -2.22. The van der Waals surface area contributed by atoms with Crippen LogP contribution in [0.4, 0.5) is 0 Å². The van der Waals surface area contributed by atoms with Crippen LogP contribution >= 0.6 is 0 Å². The van der Waals surface area contributed by atoms with Crippen LogP contribution < -0.4 is 10.6 Å². The lowest BCUT2D eigenvalue weighted by molar-refractivity contribution is 0.0992. The van der Waals surface area contributed by atoms with Crippen molar-refractivity contribution >= 4 is 5.96 Å². The molecule has 1 aromatic rings. The van der Waals surface area contributed by atoms with Crippen LogP contribution in [-0.4, -0.2) is 37.8 Å². The van der Waals surface area contributed by atoms with E-state index in [1.165, 1.54) is 18.4 Å². The van der Waals surface area contributed by atoms with E-state index >= 15 is 0 Å². The Hall–Kier alpha value is -1.55. The topological polar surface area (TPSA) is 45.7 Å². The molecule has 3 atom stereocenters. The lowest BCUT2D eigenvalue weighted by Crippen LogP contribution is -2.47. The van der Waals surface area contributed by atoms with E-state index in [1.54, 1.807) is 0 Å². The quantitative estimate of drug-likeness (QED) is 0.648. The molecule has 4 nitrogen and oxygen atoms in total. The first-order valence-electron chi connectivity index (χ1n) is 7.52. The highest BCUT2D eigenvalue weighted by atomic mass is 16.5. The molecule has 3 unspecified atom stereocenters. The monoisotopic (exact) mass is 273 g/mol. The van der Waals surface area contributed by atoms with E-state index in [1.807, 2.05) is 13.1 Å². The number of rotatable bonds is 4. The lowest BCUT2D eigenvalue weighted by atomic mass is 9.96. The maximum Gasteiger partial charge on any atom is 0.191 e. The van der Waals surface area contributed by atoms with Crippen molar-refractivity contribution in [2.24, 2.45) is 4.99 Å². The van der Waals surface area contributed by atoms with Crippen LogP contribution in [0.3, 0.4) is 0 Å². The number of ether oxygens (including phenoxy) is 1. The summed E-state index contributed by atoms with van der Waals surface area (Å²) in [5.41, 5.74) is 1.35. The van der Waals surface area contributed by atoms with Crippen molar-refractivity contribution in [1.29, 1.82) is 0 Å². The van der Waals surface area contributed by atoms with Gasteiger partial charge < -0.3 is 15.4 Å². The maximum absolute atomic E-state index is 5.86. The van der Waals surface area contributed by atoms with Gasteiger partial charge >= 0.3 is 0 Å². The number of hydrogen-bond acceptors (Lipinski definition) is 2. The fourth-order valence-electron chi connectivity index (χ4n) is 3.13. The van der Waals surface area contributed by atoms with Gasteiger partial charge in [-0.2, -0.15) is 0 Å². The van der Waals surface area contributed by atoms with Crippen LogP contribution in [0.2, 0.25) is 0 Å². The molecule has 0 amide bonds. The minimum absolute atomic E-state index is 0.382. The second-order valence-corrected chi connectivity index (χ2v) is 5.60. The van der Waals surface area contributed by atoms with E-state index in [0.29, 0.717) is 18.2 Å². The van der Waals surface area contributed by atoms with Crippen molar-refractivity contribution in [3.63, 3.8) is 0 Å². The molecule has 1 aromatic carbocycles. The van der Waals surface area contributed by atoms with Gasteiger partial charge in [-0.15, -0.1) is 0 Å². The van der Waals surface area contributed by atoms with E-state index in [-0.39, 0.29) is 0 Å². The number of nitrogens with one attached hydrogen (secondary N) is 2. The van der Waals surface area contributed by atoms with Gasteiger partial charge in [-0.3, -0.25) is 4.99 Å². The third kappa shape index (κ3) is 3.12. The first-order valence-corrected chi connectivity index (χ1v) is 7.52. The highest BCUT2D eigenvalue weighted by Gasteiger charge is 2.40. The molecule has 0 aliphatic carbocycles. The fourth-order valence-corrected chi connectivity index (χ4v) is 3.13. The molecule has 108 valence electrons. The van der Waals surface area contributed by atoms with Gasteiger partial charge in [0, 0.05) is 13.6 Å². The Morgan fingerprint density at radius 3 is 2.80 bits per heavy atom. The summed E-state index contributed by atoms with van der Waals surface area (Å²) in [5.74, 6) is 0.891. The van der Waals surface area contributed by atoms with Gasteiger partial charge in [-0.05, 0) is 31.2 Å². The SMILES string of the molecule is CN=C(NCCc1ccccc1)NC1CC2CCC1O2. The molecule has 4 heteroatoms. The molecule has 20 heavy (non-hydrogen) atoms. The van der Waals surface area contributed by atoms with Crippen LogP contribution in [0, 0.1) is 0 Å². The molecular formula is C16H23N3O. The Bertz CT molecular complexity index is 460. The number of hydrogen-bond donors (Lipinski definition) is 2. The van der Waals surface area contributed by atoms with Gasteiger partial charge in [0.25, 0.3) is 0 Å². The predicted molar refractivity (Wildman–Crippen MR) is 80.9 cm³/mol. The highest BCUT2D eigenvalue weighted by Crippen LogP contribution is 2.34. The van der Waals surface area contributed by atoms with Crippen LogP contribution in [-0.2, 0) is 11.2 Å². The van der Waals surface area contributed by atoms with Gasteiger partial charge in [0.05, 0.1) is 18.2 Å². The number of benzene rings is 1. The molecule has 2 N–H and O–H groups in total. The molecule has 2 bridgehead atoms. The summed E-state index contributed by atoms with van der Waals surface area (Å²) in [7, 11) is 1.83. The molecule has 0 saturated carbocycles. The van der Waals surface area contributed by atoms with Gasteiger partial charge in [0.1, 0.15) is 0 Å². The molecule has 2 aliphatic rings.